The van der Waals surface area contributed by atoms with Crippen molar-refractivity contribution >= 4 is 5.91 Å². The molecule has 1 saturated heterocycles. The third kappa shape index (κ3) is 4.85. The van der Waals surface area contributed by atoms with Gasteiger partial charge in [0.15, 0.2) is 0 Å². The number of hydrogen-bond donors (Lipinski definition) is 0. The number of ether oxygens (including phenoxy) is 2. The molecule has 1 amide bonds. The van der Waals surface area contributed by atoms with Crippen LogP contribution in [0.1, 0.15) is 42.9 Å². The Kier molecular flexibility index (Phi) is 6.67. The molecule has 1 aliphatic heterocycles. The third-order valence-corrected chi connectivity index (χ3v) is 4.86. The summed E-state index contributed by atoms with van der Waals surface area (Å²) in [6, 6.07) is 18.4. The van der Waals surface area contributed by atoms with Gasteiger partial charge in [0.2, 0.25) is 5.91 Å². The molecule has 1 heterocycles. The Morgan fingerprint density at radius 3 is 2.62 bits per heavy atom. The van der Waals surface area contributed by atoms with Crippen molar-refractivity contribution in [3.05, 3.63) is 65.7 Å². The Morgan fingerprint density at radius 2 is 1.88 bits per heavy atom. The average Bonchev–Trinajstić information content (AvgIpc) is 3.19. The Hall–Kier alpha value is -2.33. The first-order valence-electron chi connectivity index (χ1n) is 9.33. The molecule has 2 aromatic carbocycles. The van der Waals surface area contributed by atoms with Gasteiger partial charge in [0, 0.05) is 19.6 Å². The summed E-state index contributed by atoms with van der Waals surface area (Å²) in [5, 5.41) is 0. The molecule has 1 fully saturated rings. The van der Waals surface area contributed by atoms with E-state index in [4.69, 9.17) is 9.47 Å². The van der Waals surface area contributed by atoms with Crippen LogP contribution in [-0.2, 0) is 16.1 Å². The lowest BCUT2D eigenvalue weighted by molar-refractivity contribution is -0.132. The van der Waals surface area contributed by atoms with Gasteiger partial charge in [0.05, 0.1) is 19.8 Å². The van der Waals surface area contributed by atoms with Gasteiger partial charge < -0.3 is 14.4 Å². The zero-order valence-electron chi connectivity index (χ0n) is 15.4. The lowest BCUT2D eigenvalue weighted by Crippen LogP contribution is -2.30. The summed E-state index contributed by atoms with van der Waals surface area (Å²) in [4.78, 5) is 14.6. The first-order valence-corrected chi connectivity index (χ1v) is 9.33. The number of carbonyl (C=O) groups excluding carboxylic acids is 1. The number of carbonyl (C=O) groups is 1. The van der Waals surface area contributed by atoms with Crippen molar-refractivity contribution in [1.29, 1.82) is 0 Å². The minimum atomic E-state index is 0.240. The van der Waals surface area contributed by atoms with Crippen LogP contribution >= 0.6 is 0 Å². The van der Waals surface area contributed by atoms with E-state index in [1.54, 1.807) is 7.11 Å². The van der Waals surface area contributed by atoms with Crippen molar-refractivity contribution in [2.45, 2.75) is 38.3 Å². The van der Waals surface area contributed by atoms with E-state index in [0.29, 0.717) is 19.6 Å². The van der Waals surface area contributed by atoms with E-state index in [2.05, 4.69) is 12.1 Å². The predicted octanol–water partition coefficient (Wildman–Crippen LogP) is 4.36. The van der Waals surface area contributed by atoms with Gasteiger partial charge in [-0.2, -0.15) is 0 Å². The molecule has 0 aliphatic carbocycles. The van der Waals surface area contributed by atoms with Crippen LogP contribution in [0.2, 0.25) is 0 Å². The van der Waals surface area contributed by atoms with Crippen molar-refractivity contribution in [2.24, 2.45) is 0 Å². The highest BCUT2D eigenvalue weighted by Crippen LogP contribution is 2.32. The second-order valence-electron chi connectivity index (χ2n) is 6.66. The summed E-state index contributed by atoms with van der Waals surface area (Å²) < 4.78 is 10.9. The molecular weight excluding hydrogens is 326 g/mol. The molecule has 1 atom stereocenters. The van der Waals surface area contributed by atoms with Gasteiger partial charge in [-0.3, -0.25) is 4.79 Å². The van der Waals surface area contributed by atoms with E-state index in [-0.39, 0.29) is 11.9 Å². The maximum atomic E-state index is 12.6. The van der Waals surface area contributed by atoms with Crippen LogP contribution in [0.15, 0.2) is 54.6 Å². The molecule has 0 saturated carbocycles. The van der Waals surface area contributed by atoms with E-state index in [1.165, 1.54) is 5.56 Å². The molecule has 4 nitrogen and oxygen atoms in total. The zero-order valence-corrected chi connectivity index (χ0v) is 15.4. The van der Waals surface area contributed by atoms with Gasteiger partial charge in [0.1, 0.15) is 5.75 Å². The van der Waals surface area contributed by atoms with E-state index in [0.717, 1.165) is 37.1 Å². The molecule has 138 valence electrons. The number of hydrogen-bond acceptors (Lipinski definition) is 3. The molecule has 2 aromatic rings. The summed E-state index contributed by atoms with van der Waals surface area (Å²) in [5.74, 6) is 1.09. The normalized spacial score (nSPS) is 16.7. The number of rotatable bonds is 8. The fourth-order valence-corrected chi connectivity index (χ4v) is 3.47. The van der Waals surface area contributed by atoms with Gasteiger partial charge in [-0.1, -0.05) is 42.5 Å². The lowest BCUT2D eigenvalue weighted by atomic mass is 10.0. The maximum absolute atomic E-state index is 12.6. The van der Waals surface area contributed by atoms with Crippen LogP contribution in [0.5, 0.6) is 5.75 Å². The summed E-state index contributed by atoms with van der Waals surface area (Å²) >= 11 is 0. The zero-order chi connectivity index (χ0) is 18.2. The molecule has 3 rings (SSSR count). The SMILES string of the molecule is COc1ccc(COCCCC(=O)N2CCC[C@@H]2c2ccccc2)cc1. The molecule has 0 bridgehead atoms. The second-order valence-corrected chi connectivity index (χ2v) is 6.66. The van der Waals surface area contributed by atoms with E-state index >= 15 is 0 Å². The Bertz CT molecular complexity index is 684. The van der Waals surface area contributed by atoms with Crippen LogP contribution in [0.3, 0.4) is 0 Å². The minimum absolute atomic E-state index is 0.240. The van der Waals surface area contributed by atoms with E-state index < -0.39 is 0 Å². The van der Waals surface area contributed by atoms with Gasteiger partial charge in [0.25, 0.3) is 0 Å². The quantitative estimate of drug-likeness (QED) is 0.662. The van der Waals surface area contributed by atoms with Gasteiger partial charge >= 0.3 is 0 Å². The summed E-state index contributed by atoms with van der Waals surface area (Å²) in [5.41, 5.74) is 2.36. The molecule has 1 aliphatic rings. The maximum Gasteiger partial charge on any atom is 0.223 e. The summed E-state index contributed by atoms with van der Waals surface area (Å²) in [6.45, 7) is 2.03. The molecule has 0 spiro atoms. The first-order chi connectivity index (χ1) is 12.8. The topological polar surface area (TPSA) is 38.8 Å². The van der Waals surface area contributed by atoms with Crippen LogP contribution in [0.4, 0.5) is 0 Å². The lowest BCUT2D eigenvalue weighted by Gasteiger charge is -2.25. The van der Waals surface area contributed by atoms with Gasteiger partial charge in [-0.05, 0) is 42.5 Å². The van der Waals surface area contributed by atoms with Crippen LogP contribution in [0.25, 0.3) is 0 Å². The van der Waals surface area contributed by atoms with Crippen LogP contribution in [0, 0.1) is 0 Å². The van der Waals surface area contributed by atoms with Crippen molar-refractivity contribution in [3.8, 4) is 5.75 Å². The smallest absolute Gasteiger partial charge is 0.223 e. The van der Waals surface area contributed by atoms with E-state index in [9.17, 15) is 4.79 Å². The molecule has 0 N–H and O–H groups in total. The Morgan fingerprint density at radius 1 is 1.12 bits per heavy atom. The van der Waals surface area contributed by atoms with Crippen molar-refractivity contribution < 1.29 is 14.3 Å². The van der Waals surface area contributed by atoms with Gasteiger partial charge in [-0.15, -0.1) is 0 Å². The highest BCUT2D eigenvalue weighted by atomic mass is 16.5. The molecule has 0 radical (unpaired) electrons. The van der Waals surface area contributed by atoms with Crippen molar-refractivity contribution in [1.82, 2.24) is 4.90 Å². The average molecular weight is 353 g/mol. The fraction of sp³-hybridized carbons (Fsp3) is 0.409. The molecular formula is C22H27NO3. The van der Waals surface area contributed by atoms with Crippen molar-refractivity contribution in [3.63, 3.8) is 0 Å². The number of amides is 1. The van der Waals surface area contributed by atoms with Crippen molar-refractivity contribution in [2.75, 3.05) is 20.3 Å². The fourth-order valence-electron chi connectivity index (χ4n) is 3.47. The number of benzene rings is 2. The molecule has 0 unspecified atom stereocenters. The highest BCUT2D eigenvalue weighted by molar-refractivity contribution is 5.77. The molecule has 0 aromatic heterocycles. The summed E-state index contributed by atoms with van der Waals surface area (Å²) in [6.07, 6.45) is 3.45. The third-order valence-electron chi connectivity index (χ3n) is 4.86. The van der Waals surface area contributed by atoms with E-state index in [1.807, 2.05) is 47.4 Å². The minimum Gasteiger partial charge on any atom is -0.497 e. The van der Waals surface area contributed by atoms with Crippen LogP contribution in [-0.4, -0.2) is 31.1 Å². The Balaban J connectivity index is 1.39. The van der Waals surface area contributed by atoms with Gasteiger partial charge in [-0.25, -0.2) is 0 Å². The number of methoxy groups -OCH3 is 1. The predicted molar refractivity (Wildman–Crippen MR) is 102 cm³/mol. The second kappa shape index (κ2) is 9.39. The number of nitrogens with zero attached hydrogens (tertiary/aromatic N) is 1. The Labute approximate surface area is 155 Å². The summed E-state index contributed by atoms with van der Waals surface area (Å²) in [7, 11) is 1.66. The standard InChI is InChI=1S/C22H27NO3/c1-25-20-13-11-18(12-14-20)17-26-16-6-10-22(24)23-15-5-9-21(23)19-7-3-2-4-8-19/h2-4,7-8,11-14,21H,5-6,9-10,15-17H2,1H3/t21-/m1/s1. The highest BCUT2D eigenvalue weighted by Gasteiger charge is 2.29. The first kappa shape index (κ1) is 18.5. The number of likely N-dealkylation sites (tertiary alicyclic amines) is 1. The molecule has 26 heavy (non-hydrogen) atoms. The molecule has 4 heteroatoms. The van der Waals surface area contributed by atoms with Crippen LogP contribution < -0.4 is 4.74 Å². The monoisotopic (exact) mass is 353 g/mol. The largest absolute Gasteiger partial charge is 0.497 e.